The van der Waals surface area contributed by atoms with Crippen molar-refractivity contribution in [1.29, 1.82) is 0 Å². The molecule has 0 saturated heterocycles. The second kappa shape index (κ2) is 7.19. The standard InChI is InChI=1S/C21H16F2N4O/c1-24-21-15-8-14(12-5-6-16(22)17(23)9-12)10-18(28-2)19(15)26-20(27-21)13-4-3-7-25-11-13/h3-11H,1-2H3,(H,24,26,27). The monoisotopic (exact) mass is 378 g/mol. The Balaban J connectivity index is 1.96. The second-order valence-electron chi connectivity index (χ2n) is 6.09. The van der Waals surface area contributed by atoms with Crippen molar-refractivity contribution >= 4 is 16.7 Å². The maximum atomic E-state index is 13.7. The minimum atomic E-state index is -0.909. The van der Waals surface area contributed by atoms with Crippen LogP contribution in [0.1, 0.15) is 0 Å². The minimum Gasteiger partial charge on any atom is -0.494 e. The van der Waals surface area contributed by atoms with E-state index in [2.05, 4.69) is 20.3 Å². The summed E-state index contributed by atoms with van der Waals surface area (Å²) >= 11 is 0. The van der Waals surface area contributed by atoms with Gasteiger partial charge in [-0.25, -0.2) is 18.7 Å². The molecule has 0 fully saturated rings. The molecule has 0 aliphatic carbocycles. The molecule has 140 valence electrons. The lowest BCUT2D eigenvalue weighted by Gasteiger charge is -2.13. The summed E-state index contributed by atoms with van der Waals surface area (Å²) in [6.45, 7) is 0. The zero-order chi connectivity index (χ0) is 19.7. The molecule has 7 heteroatoms. The Bertz CT molecular complexity index is 1170. The average molecular weight is 378 g/mol. The zero-order valence-electron chi connectivity index (χ0n) is 15.2. The quantitative estimate of drug-likeness (QED) is 0.558. The fourth-order valence-corrected chi connectivity index (χ4v) is 3.01. The molecule has 2 aromatic carbocycles. The minimum absolute atomic E-state index is 0.501. The van der Waals surface area contributed by atoms with E-state index in [0.29, 0.717) is 39.4 Å². The molecular formula is C21H16F2N4O. The van der Waals surface area contributed by atoms with Crippen molar-refractivity contribution in [3.63, 3.8) is 0 Å². The van der Waals surface area contributed by atoms with E-state index in [1.54, 1.807) is 25.5 Å². The third-order valence-electron chi connectivity index (χ3n) is 4.39. The van der Waals surface area contributed by atoms with Crippen molar-refractivity contribution in [2.75, 3.05) is 19.5 Å². The van der Waals surface area contributed by atoms with E-state index >= 15 is 0 Å². The van der Waals surface area contributed by atoms with Gasteiger partial charge in [0.1, 0.15) is 17.1 Å². The Hall–Kier alpha value is -3.61. The van der Waals surface area contributed by atoms with Crippen LogP contribution in [0.4, 0.5) is 14.6 Å². The topological polar surface area (TPSA) is 59.9 Å². The van der Waals surface area contributed by atoms with Crippen LogP contribution in [0.3, 0.4) is 0 Å². The van der Waals surface area contributed by atoms with Gasteiger partial charge < -0.3 is 10.1 Å². The van der Waals surface area contributed by atoms with E-state index in [4.69, 9.17) is 4.74 Å². The zero-order valence-corrected chi connectivity index (χ0v) is 15.2. The molecule has 5 nitrogen and oxygen atoms in total. The summed E-state index contributed by atoms with van der Waals surface area (Å²) in [7, 11) is 3.29. The number of halogens is 2. The van der Waals surface area contributed by atoms with Gasteiger partial charge in [0.15, 0.2) is 17.5 Å². The number of hydrogen-bond donors (Lipinski definition) is 1. The number of hydrogen-bond acceptors (Lipinski definition) is 5. The number of pyridine rings is 1. The lowest BCUT2D eigenvalue weighted by Crippen LogP contribution is -2.01. The summed E-state index contributed by atoms with van der Waals surface area (Å²) < 4.78 is 32.5. The SMILES string of the molecule is CNc1nc(-c2cccnc2)nc2c(OC)cc(-c3ccc(F)c(F)c3)cc12. The highest BCUT2D eigenvalue weighted by atomic mass is 19.2. The van der Waals surface area contributed by atoms with Crippen molar-refractivity contribution in [1.82, 2.24) is 15.0 Å². The highest BCUT2D eigenvalue weighted by Gasteiger charge is 2.15. The number of ether oxygens (including phenoxy) is 1. The molecular weight excluding hydrogens is 362 g/mol. The van der Waals surface area contributed by atoms with Crippen molar-refractivity contribution < 1.29 is 13.5 Å². The van der Waals surface area contributed by atoms with Crippen LogP contribution in [-0.2, 0) is 0 Å². The number of fused-ring (bicyclic) bond motifs is 1. The van der Waals surface area contributed by atoms with Gasteiger partial charge in [-0.3, -0.25) is 4.98 Å². The number of nitrogens with one attached hydrogen (secondary N) is 1. The van der Waals surface area contributed by atoms with E-state index in [9.17, 15) is 8.78 Å². The van der Waals surface area contributed by atoms with Gasteiger partial charge in [0.2, 0.25) is 0 Å². The number of rotatable bonds is 4. The first-order chi connectivity index (χ1) is 13.6. The van der Waals surface area contributed by atoms with Crippen molar-refractivity contribution in [2.24, 2.45) is 0 Å². The Morgan fingerprint density at radius 2 is 1.79 bits per heavy atom. The van der Waals surface area contributed by atoms with Crippen molar-refractivity contribution in [3.05, 3.63) is 66.5 Å². The summed E-state index contributed by atoms with van der Waals surface area (Å²) in [4.78, 5) is 13.3. The highest BCUT2D eigenvalue weighted by molar-refractivity contribution is 5.97. The highest BCUT2D eigenvalue weighted by Crippen LogP contribution is 2.36. The molecule has 4 rings (SSSR count). The number of methoxy groups -OCH3 is 1. The molecule has 0 aliphatic rings. The third kappa shape index (κ3) is 3.11. The molecule has 0 bridgehead atoms. The van der Waals surface area contributed by atoms with Crippen LogP contribution in [0.15, 0.2) is 54.9 Å². The molecule has 1 N–H and O–H groups in total. The van der Waals surface area contributed by atoms with Crippen LogP contribution in [0.2, 0.25) is 0 Å². The van der Waals surface area contributed by atoms with Crippen LogP contribution < -0.4 is 10.1 Å². The predicted molar refractivity (Wildman–Crippen MR) is 104 cm³/mol. The molecule has 0 unspecified atom stereocenters. The predicted octanol–water partition coefficient (Wildman–Crippen LogP) is 4.69. The molecule has 0 spiro atoms. The van der Waals surface area contributed by atoms with Crippen molar-refractivity contribution in [3.8, 4) is 28.3 Å². The first kappa shape index (κ1) is 17.8. The van der Waals surface area contributed by atoms with Gasteiger partial charge in [-0.1, -0.05) is 6.07 Å². The third-order valence-corrected chi connectivity index (χ3v) is 4.39. The van der Waals surface area contributed by atoms with Gasteiger partial charge >= 0.3 is 0 Å². The summed E-state index contributed by atoms with van der Waals surface area (Å²) in [6, 6.07) is 11.0. The van der Waals surface area contributed by atoms with Crippen LogP contribution >= 0.6 is 0 Å². The molecule has 0 amide bonds. The Morgan fingerprint density at radius 1 is 0.929 bits per heavy atom. The van der Waals surface area contributed by atoms with Gasteiger partial charge in [0.25, 0.3) is 0 Å². The summed E-state index contributed by atoms with van der Waals surface area (Å²) in [6.07, 6.45) is 3.36. The maximum Gasteiger partial charge on any atom is 0.163 e. The Labute approximate surface area is 160 Å². The van der Waals surface area contributed by atoms with E-state index in [0.717, 1.165) is 17.7 Å². The maximum absolute atomic E-state index is 13.7. The number of anilines is 1. The molecule has 28 heavy (non-hydrogen) atoms. The molecule has 2 aromatic heterocycles. The normalized spacial score (nSPS) is 10.9. The molecule has 0 saturated carbocycles. The lowest BCUT2D eigenvalue weighted by molar-refractivity contribution is 0.419. The fraction of sp³-hybridized carbons (Fsp3) is 0.0952. The molecule has 0 radical (unpaired) electrons. The molecule has 0 aliphatic heterocycles. The van der Waals surface area contributed by atoms with Gasteiger partial charge in [0, 0.05) is 30.4 Å². The van der Waals surface area contributed by atoms with Gasteiger partial charge in [-0.05, 0) is 47.5 Å². The number of aromatic nitrogens is 3. The first-order valence-electron chi connectivity index (χ1n) is 8.54. The lowest BCUT2D eigenvalue weighted by atomic mass is 10.0. The van der Waals surface area contributed by atoms with E-state index in [-0.39, 0.29) is 0 Å². The van der Waals surface area contributed by atoms with Crippen LogP contribution in [0.25, 0.3) is 33.4 Å². The Kier molecular flexibility index (Phi) is 4.57. The summed E-state index contributed by atoms with van der Waals surface area (Å²) in [5.74, 6) is -0.206. The smallest absolute Gasteiger partial charge is 0.163 e. The van der Waals surface area contributed by atoms with Gasteiger partial charge in [-0.15, -0.1) is 0 Å². The van der Waals surface area contributed by atoms with Crippen molar-refractivity contribution in [2.45, 2.75) is 0 Å². The number of nitrogens with zero attached hydrogens (tertiary/aromatic N) is 3. The molecule has 0 atom stereocenters. The summed E-state index contributed by atoms with van der Waals surface area (Å²) in [5, 5.41) is 3.77. The number of benzene rings is 2. The second-order valence-corrected chi connectivity index (χ2v) is 6.09. The first-order valence-corrected chi connectivity index (χ1v) is 8.54. The van der Waals surface area contributed by atoms with E-state index < -0.39 is 11.6 Å². The molecule has 4 aromatic rings. The van der Waals surface area contributed by atoms with Gasteiger partial charge in [-0.2, -0.15) is 0 Å². The van der Waals surface area contributed by atoms with Crippen LogP contribution in [0.5, 0.6) is 5.75 Å². The largest absolute Gasteiger partial charge is 0.494 e. The fourth-order valence-electron chi connectivity index (χ4n) is 3.01. The summed E-state index contributed by atoms with van der Waals surface area (Å²) in [5.41, 5.74) is 2.56. The average Bonchev–Trinajstić information content (AvgIpc) is 2.74. The molecule has 2 heterocycles. The van der Waals surface area contributed by atoms with Gasteiger partial charge in [0.05, 0.1) is 7.11 Å². The van der Waals surface area contributed by atoms with E-state index in [1.165, 1.54) is 13.2 Å². The van der Waals surface area contributed by atoms with E-state index in [1.807, 2.05) is 18.2 Å². The van der Waals surface area contributed by atoms with Crippen LogP contribution in [-0.4, -0.2) is 29.1 Å². The Morgan fingerprint density at radius 3 is 2.46 bits per heavy atom. The van der Waals surface area contributed by atoms with Crippen LogP contribution in [0, 0.1) is 11.6 Å².